The van der Waals surface area contributed by atoms with Gasteiger partial charge in [0.1, 0.15) is 0 Å². The van der Waals surface area contributed by atoms with E-state index in [1.54, 1.807) is 24.1 Å². The Morgan fingerprint density at radius 2 is 2.26 bits per heavy atom. The maximum absolute atomic E-state index is 5.59. The molecule has 1 saturated carbocycles. The summed E-state index contributed by atoms with van der Waals surface area (Å²) in [6.45, 7) is 0.649. The molecule has 0 saturated heterocycles. The van der Waals surface area contributed by atoms with Crippen LogP contribution in [0.15, 0.2) is 18.5 Å². The topological polar surface area (TPSA) is 77.8 Å². The Hall–Kier alpha value is -2.18. The Labute approximate surface area is 111 Å². The van der Waals surface area contributed by atoms with Crippen LogP contribution in [0.5, 0.6) is 6.01 Å². The molecule has 0 amide bonds. The Balaban J connectivity index is 1.76. The highest BCUT2D eigenvalue weighted by Crippen LogP contribution is 2.32. The van der Waals surface area contributed by atoms with E-state index < -0.39 is 0 Å². The van der Waals surface area contributed by atoms with Crippen molar-refractivity contribution in [3.63, 3.8) is 0 Å². The second kappa shape index (κ2) is 5.21. The summed E-state index contributed by atoms with van der Waals surface area (Å²) in [5.41, 5.74) is 0. The van der Waals surface area contributed by atoms with Gasteiger partial charge < -0.3 is 10.1 Å². The number of nitrogens with zero attached hydrogens (tertiary/aromatic N) is 5. The average Bonchev–Trinajstić information content (AvgIpc) is 3.09. The standard InChI is InChI=1S/C12H16N6O/c1-13-10-15-11(18-7-2-6-14-18)17-12(16-10)19-8-5-9-3-4-9/h2,6-7,9H,3-5,8H2,1H3,(H,13,15,16,17). The third kappa shape index (κ3) is 2.98. The highest BCUT2D eigenvalue weighted by atomic mass is 16.5. The molecule has 2 aromatic heterocycles. The van der Waals surface area contributed by atoms with Gasteiger partial charge in [-0.3, -0.25) is 0 Å². The van der Waals surface area contributed by atoms with Crippen LogP contribution in [0.1, 0.15) is 19.3 Å². The molecule has 1 fully saturated rings. The third-order valence-corrected chi connectivity index (χ3v) is 2.99. The molecule has 0 atom stereocenters. The monoisotopic (exact) mass is 260 g/mol. The summed E-state index contributed by atoms with van der Waals surface area (Å²) in [7, 11) is 1.76. The van der Waals surface area contributed by atoms with Crippen molar-refractivity contribution in [2.45, 2.75) is 19.3 Å². The number of nitrogens with one attached hydrogen (secondary N) is 1. The van der Waals surface area contributed by atoms with Gasteiger partial charge in [-0.2, -0.15) is 20.1 Å². The summed E-state index contributed by atoms with van der Waals surface area (Å²) in [5, 5.41) is 7.00. The van der Waals surface area contributed by atoms with Crippen molar-refractivity contribution in [1.82, 2.24) is 24.7 Å². The molecule has 0 unspecified atom stereocenters. The van der Waals surface area contributed by atoms with Crippen LogP contribution >= 0.6 is 0 Å². The number of hydrogen-bond acceptors (Lipinski definition) is 6. The molecule has 1 N–H and O–H groups in total. The van der Waals surface area contributed by atoms with Gasteiger partial charge in [-0.1, -0.05) is 12.8 Å². The lowest BCUT2D eigenvalue weighted by Crippen LogP contribution is -2.10. The van der Waals surface area contributed by atoms with Gasteiger partial charge in [-0.05, 0) is 18.4 Å². The minimum Gasteiger partial charge on any atom is -0.463 e. The summed E-state index contributed by atoms with van der Waals surface area (Å²) in [6, 6.07) is 2.15. The zero-order chi connectivity index (χ0) is 13.1. The van der Waals surface area contributed by atoms with Gasteiger partial charge in [-0.15, -0.1) is 0 Å². The number of rotatable bonds is 6. The molecular weight excluding hydrogens is 244 g/mol. The quantitative estimate of drug-likeness (QED) is 0.843. The molecule has 0 bridgehead atoms. The molecule has 2 aromatic rings. The van der Waals surface area contributed by atoms with Crippen molar-refractivity contribution in [3.8, 4) is 12.0 Å². The van der Waals surface area contributed by atoms with Crippen LogP contribution in [0.25, 0.3) is 5.95 Å². The first-order chi connectivity index (χ1) is 9.35. The minimum absolute atomic E-state index is 0.338. The van der Waals surface area contributed by atoms with Crippen LogP contribution in [0.2, 0.25) is 0 Å². The fraction of sp³-hybridized carbons (Fsp3) is 0.500. The summed E-state index contributed by atoms with van der Waals surface area (Å²) in [6.07, 6.45) is 7.17. The van der Waals surface area contributed by atoms with Crippen molar-refractivity contribution in [1.29, 1.82) is 0 Å². The van der Waals surface area contributed by atoms with E-state index in [2.05, 4.69) is 25.4 Å². The molecule has 1 aliphatic rings. The van der Waals surface area contributed by atoms with E-state index >= 15 is 0 Å². The lowest BCUT2D eigenvalue weighted by atomic mass is 10.3. The largest absolute Gasteiger partial charge is 0.463 e. The van der Waals surface area contributed by atoms with Gasteiger partial charge in [-0.25, -0.2) is 4.68 Å². The summed E-state index contributed by atoms with van der Waals surface area (Å²) in [4.78, 5) is 12.7. The van der Waals surface area contributed by atoms with Gasteiger partial charge in [0.25, 0.3) is 5.95 Å². The van der Waals surface area contributed by atoms with Crippen molar-refractivity contribution in [2.24, 2.45) is 5.92 Å². The van der Waals surface area contributed by atoms with Crippen LogP contribution in [-0.2, 0) is 0 Å². The number of anilines is 1. The highest BCUT2D eigenvalue weighted by Gasteiger charge is 2.21. The van der Waals surface area contributed by atoms with Gasteiger partial charge in [0.05, 0.1) is 6.61 Å². The van der Waals surface area contributed by atoms with E-state index in [-0.39, 0.29) is 0 Å². The van der Waals surface area contributed by atoms with Gasteiger partial charge in [0.15, 0.2) is 0 Å². The van der Waals surface area contributed by atoms with Crippen LogP contribution < -0.4 is 10.1 Å². The summed E-state index contributed by atoms with van der Waals surface area (Å²) < 4.78 is 7.17. The third-order valence-electron chi connectivity index (χ3n) is 2.99. The van der Waals surface area contributed by atoms with E-state index in [1.807, 2.05) is 6.07 Å². The van der Waals surface area contributed by atoms with Gasteiger partial charge in [0, 0.05) is 19.4 Å². The molecule has 100 valence electrons. The molecule has 19 heavy (non-hydrogen) atoms. The van der Waals surface area contributed by atoms with Crippen molar-refractivity contribution >= 4 is 5.95 Å². The molecule has 3 rings (SSSR count). The van der Waals surface area contributed by atoms with E-state index in [4.69, 9.17) is 4.74 Å². The zero-order valence-corrected chi connectivity index (χ0v) is 10.8. The first-order valence-electron chi connectivity index (χ1n) is 6.42. The predicted octanol–water partition coefficient (Wildman–Crippen LogP) is 1.28. The molecule has 0 aromatic carbocycles. The minimum atomic E-state index is 0.338. The first kappa shape index (κ1) is 11.9. The lowest BCUT2D eigenvalue weighted by molar-refractivity contribution is 0.278. The number of ether oxygens (including phenoxy) is 1. The Morgan fingerprint density at radius 1 is 1.37 bits per heavy atom. The van der Waals surface area contributed by atoms with Crippen molar-refractivity contribution in [2.75, 3.05) is 19.0 Å². The molecule has 1 aliphatic carbocycles. The molecule has 0 spiro atoms. The molecule has 0 radical (unpaired) electrons. The Kier molecular flexibility index (Phi) is 3.26. The lowest BCUT2D eigenvalue weighted by Gasteiger charge is -2.07. The van der Waals surface area contributed by atoms with E-state index in [9.17, 15) is 0 Å². The van der Waals surface area contributed by atoms with E-state index in [0.717, 1.165) is 12.3 Å². The maximum Gasteiger partial charge on any atom is 0.323 e. The number of aromatic nitrogens is 5. The average molecular weight is 260 g/mol. The smallest absolute Gasteiger partial charge is 0.323 e. The molecule has 7 nitrogen and oxygen atoms in total. The van der Waals surface area contributed by atoms with Gasteiger partial charge >= 0.3 is 6.01 Å². The van der Waals surface area contributed by atoms with E-state index in [0.29, 0.717) is 24.5 Å². The Bertz CT molecular complexity index is 537. The van der Waals surface area contributed by atoms with E-state index in [1.165, 1.54) is 12.8 Å². The Morgan fingerprint density at radius 3 is 2.95 bits per heavy atom. The highest BCUT2D eigenvalue weighted by molar-refractivity contribution is 5.28. The fourth-order valence-corrected chi connectivity index (χ4v) is 1.74. The molecular formula is C12H16N6O. The molecule has 0 aliphatic heterocycles. The first-order valence-corrected chi connectivity index (χ1v) is 6.42. The summed E-state index contributed by atoms with van der Waals surface area (Å²) in [5.74, 6) is 1.75. The zero-order valence-electron chi connectivity index (χ0n) is 10.8. The molecule has 7 heteroatoms. The second-order valence-corrected chi connectivity index (χ2v) is 4.52. The predicted molar refractivity (Wildman–Crippen MR) is 69.3 cm³/mol. The fourth-order valence-electron chi connectivity index (χ4n) is 1.74. The van der Waals surface area contributed by atoms with Crippen LogP contribution in [0.4, 0.5) is 5.95 Å². The van der Waals surface area contributed by atoms with Gasteiger partial charge in [0.2, 0.25) is 5.95 Å². The maximum atomic E-state index is 5.59. The number of hydrogen-bond donors (Lipinski definition) is 1. The normalized spacial score (nSPS) is 14.4. The van der Waals surface area contributed by atoms with Crippen molar-refractivity contribution < 1.29 is 4.74 Å². The van der Waals surface area contributed by atoms with Crippen molar-refractivity contribution in [3.05, 3.63) is 18.5 Å². The second-order valence-electron chi connectivity index (χ2n) is 4.52. The molecule has 2 heterocycles. The van der Waals surface area contributed by atoms with Crippen LogP contribution in [0.3, 0.4) is 0 Å². The van der Waals surface area contributed by atoms with Crippen LogP contribution in [0, 0.1) is 5.92 Å². The summed E-state index contributed by atoms with van der Waals surface area (Å²) >= 11 is 0. The van der Waals surface area contributed by atoms with Crippen LogP contribution in [-0.4, -0.2) is 38.4 Å². The SMILES string of the molecule is CNc1nc(OCCC2CC2)nc(-n2cccn2)n1.